The molecule has 4 aromatic rings. The molecule has 0 N–H and O–H groups in total. The molecule has 0 amide bonds. The van der Waals surface area contributed by atoms with Crippen molar-refractivity contribution in [1.29, 1.82) is 5.26 Å². The number of carboxylic acid groups (broad SMARTS) is 1. The van der Waals surface area contributed by atoms with Crippen molar-refractivity contribution in [3.05, 3.63) is 92.6 Å². The van der Waals surface area contributed by atoms with Gasteiger partial charge in [-0.1, -0.05) is 54.2 Å². The summed E-state index contributed by atoms with van der Waals surface area (Å²) in [6.45, 7) is 0.259. The van der Waals surface area contributed by atoms with E-state index in [0.29, 0.717) is 26.7 Å². The average Bonchev–Trinajstić information content (AvgIpc) is 3.24. The molecule has 30 heavy (non-hydrogen) atoms. The highest BCUT2D eigenvalue weighted by Gasteiger charge is 2.14. The summed E-state index contributed by atoms with van der Waals surface area (Å²) in [5.41, 5.74) is 2.82. The number of aromatic carboxylic acids is 1. The Morgan fingerprint density at radius 1 is 1.17 bits per heavy atom. The minimum Gasteiger partial charge on any atom is -0.545 e. The van der Waals surface area contributed by atoms with E-state index in [1.54, 1.807) is 22.8 Å². The quantitative estimate of drug-likeness (QED) is 0.343. The molecule has 2 aromatic heterocycles. The lowest BCUT2D eigenvalue weighted by molar-refractivity contribution is -0.255. The Hall–Kier alpha value is -3.41. The lowest BCUT2D eigenvalue weighted by atomic mass is 10.1. The zero-order valence-corrected chi connectivity index (χ0v) is 17.2. The third-order valence-electron chi connectivity index (χ3n) is 4.56. The van der Waals surface area contributed by atoms with Gasteiger partial charge in [-0.05, 0) is 34.2 Å². The van der Waals surface area contributed by atoms with Crippen LogP contribution in [0.4, 0.5) is 0 Å². The van der Waals surface area contributed by atoms with Crippen LogP contribution >= 0.6 is 23.1 Å². The number of carbonyl (C=O) groups is 1. The van der Waals surface area contributed by atoms with Crippen LogP contribution in [0.1, 0.15) is 27.0 Å². The number of hydrogen-bond acceptors (Lipinski definition) is 7. The molecule has 2 aromatic carbocycles. The van der Waals surface area contributed by atoms with Gasteiger partial charge in [0.1, 0.15) is 4.70 Å². The third kappa shape index (κ3) is 3.99. The van der Waals surface area contributed by atoms with Gasteiger partial charge in [-0.2, -0.15) is 5.26 Å². The fourth-order valence-corrected chi connectivity index (χ4v) is 4.78. The van der Waals surface area contributed by atoms with Gasteiger partial charge in [-0.25, -0.2) is 4.98 Å². The van der Waals surface area contributed by atoms with E-state index in [2.05, 4.69) is 11.1 Å². The summed E-state index contributed by atoms with van der Waals surface area (Å²) in [5, 5.41) is 22.7. The normalized spacial score (nSPS) is 10.8. The van der Waals surface area contributed by atoms with Crippen LogP contribution in [0.25, 0.3) is 10.2 Å². The van der Waals surface area contributed by atoms with Crippen molar-refractivity contribution in [2.45, 2.75) is 17.5 Å². The van der Waals surface area contributed by atoms with Crippen LogP contribution in [0.5, 0.6) is 0 Å². The minimum absolute atomic E-state index is 0.0839. The summed E-state index contributed by atoms with van der Waals surface area (Å²) in [7, 11) is 0. The molecule has 8 heteroatoms. The minimum atomic E-state index is -1.24. The highest BCUT2D eigenvalue weighted by Crippen LogP contribution is 2.25. The Bertz CT molecular complexity index is 1330. The molecule has 0 unspecified atom stereocenters. The van der Waals surface area contributed by atoms with Crippen LogP contribution in [0.2, 0.25) is 0 Å². The monoisotopic (exact) mass is 432 g/mol. The molecule has 6 nitrogen and oxygen atoms in total. The second-order valence-corrected chi connectivity index (χ2v) is 8.32. The summed E-state index contributed by atoms with van der Waals surface area (Å²) < 4.78 is 2.16. The van der Waals surface area contributed by atoms with Gasteiger partial charge >= 0.3 is 0 Å². The van der Waals surface area contributed by atoms with Crippen LogP contribution in [0, 0.1) is 11.3 Å². The number of hydrogen-bond donors (Lipinski definition) is 0. The first-order chi connectivity index (χ1) is 14.6. The summed E-state index contributed by atoms with van der Waals surface area (Å²) in [6.07, 6.45) is 0. The van der Waals surface area contributed by atoms with Crippen molar-refractivity contribution >= 4 is 39.3 Å². The number of aromatic nitrogens is 2. The molecule has 0 bridgehead atoms. The lowest BCUT2D eigenvalue weighted by Crippen LogP contribution is -2.24. The standard InChI is InChI=1S/C22H15N3O3S2/c23-11-16-3-1-2-4-17(16)13-30-22-24-18-9-10-29-19(18)20(26)25(22)12-14-5-7-15(8-6-14)21(27)28/h1-10H,12-13H2,(H,27,28)/p-1. The molecule has 0 aliphatic rings. The lowest BCUT2D eigenvalue weighted by Gasteiger charge is -2.13. The zero-order valence-electron chi connectivity index (χ0n) is 15.6. The molecule has 0 fully saturated rings. The van der Waals surface area contributed by atoms with Gasteiger partial charge in [-0.15, -0.1) is 11.3 Å². The van der Waals surface area contributed by atoms with Crippen molar-refractivity contribution in [2.24, 2.45) is 0 Å². The van der Waals surface area contributed by atoms with Crippen molar-refractivity contribution in [3.8, 4) is 6.07 Å². The molecule has 0 aliphatic carbocycles. The van der Waals surface area contributed by atoms with Crippen LogP contribution in [0.3, 0.4) is 0 Å². The average molecular weight is 433 g/mol. The first-order valence-corrected chi connectivity index (χ1v) is 10.8. The van der Waals surface area contributed by atoms with Crippen molar-refractivity contribution in [2.75, 3.05) is 0 Å². The first-order valence-electron chi connectivity index (χ1n) is 8.96. The number of fused-ring (bicyclic) bond motifs is 1. The van der Waals surface area contributed by atoms with Crippen LogP contribution in [-0.4, -0.2) is 15.5 Å². The SMILES string of the molecule is N#Cc1ccccc1CSc1nc2ccsc2c(=O)n1Cc1ccc(C(=O)[O-])cc1. The molecule has 0 atom stereocenters. The number of benzene rings is 2. The Balaban J connectivity index is 1.70. The number of nitriles is 1. The molecule has 0 saturated heterocycles. The van der Waals surface area contributed by atoms with Crippen molar-refractivity contribution in [3.63, 3.8) is 0 Å². The Morgan fingerprint density at radius 2 is 1.93 bits per heavy atom. The fourth-order valence-electron chi connectivity index (χ4n) is 3.00. The number of thioether (sulfide) groups is 1. The van der Waals surface area contributed by atoms with E-state index < -0.39 is 5.97 Å². The molecule has 2 heterocycles. The zero-order chi connectivity index (χ0) is 21.1. The van der Waals surface area contributed by atoms with Gasteiger partial charge < -0.3 is 9.90 Å². The van der Waals surface area contributed by atoms with Gasteiger partial charge in [-0.3, -0.25) is 9.36 Å². The van der Waals surface area contributed by atoms with E-state index in [0.717, 1.165) is 11.1 Å². The molecule has 0 spiro atoms. The van der Waals surface area contributed by atoms with E-state index in [1.807, 2.05) is 29.6 Å². The van der Waals surface area contributed by atoms with E-state index >= 15 is 0 Å². The van der Waals surface area contributed by atoms with Gasteiger partial charge in [0, 0.05) is 5.75 Å². The van der Waals surface area contributed by atoms with E-state index in [1.165, 1.54) is 35.2 Å². The topological polar surface area (TPSA) is 98.8 Å². The van der Waals surface area contributed by atoms with Crippen molar-refractivity contribution < 1.29 is 9.90 Å². The van der Waals surface area contributed by atoms with Crippen LogP contribution in [0.15, 0.2) is 69.9 Å². The molecule has 4 rings (SSSR count). The first kappa shape index (κ1) is 19.9. The van der Waals surface area contributed by atoms with Crippen LogP contribution in [-0.2, 0) is 12.3 Å². The van der Waals surface area contributed by atoms with E-state index in [4.69, 9.17) is 0 Å². The second kappa shape index (κ2) is 8.53. The molecule has 0 saturated carbocycles. The third-order valence-corrected chi connectivity index (χ3v) is 6.47. The number of carbonyl (C=O) groups excluding carboxylic acids is 1. The number of nitrogens with zero attached hydrogens (tertiary/aromatic N) is 3. The Kier molecular flexibility index (Phi) is 5.65. The predicted molar refractivity (Wildman–Crippen MR) is 114 cm³/mol. The second-order valence-electron chi connectivity index (χ2n) is 6.46. The fraction of sp³-hybridized carbons (Fsp3) is 0.0909. The maximum Gasteiger partial charge on any atom is 0.272 e. The van der Waals surface area contributed by atoms with Gasteiger partial charge in [0.2, 0.25) is 0 Å². The number of thiophene rings is 1. The molecular weight excluding hydrogens is 418 g/mol. The van der Waals surface area contributed by atoms with Crippen LogP contribution < -0.4 is 10.7 Å². The Labute approximate surface area is 180 Å². The summed E-state index contributed by atoms with van der Waals surface area (Å²) >= 11 is 2.73. The molecule has 0 radical (unpaired) electrons. The van der Waals surface area contributed by atoms with Crippen molar-refractivity contribution in [1.82, 2.24) is 9.55 Å². The number of rotatable bonds is 6. The Morgan fingerprint density at radius 3 is 2.67 bits per heavy atom. The maximum atomic E-state index is 13.1. The van der Waals surface area contributed by atoms with E-state index in [-0.39, 0.29) is 17.7 Å². The summed E-state index contributed by atoms with van der Waals surface area (Å²) in [6, 6.07) is 17.6. The predicted octanol–water partition coefficient (Wildman–Crippen LogP) is 3.03. The highest BCUT2D eigenvalue weighted by molar-refractivity contribution is 7.98. The largest absolute Gasteiger partial charge is 0.545 e. The highest BCUT2D eigenvalue weighted by atomic mass is 32.2. The summed E-state index contributed by atoms with van der Waals surface area (Å²) in [5.74, 6) is -0.747. The smallest absolute Gasteiger partial charge is 0.272 e. The summed E-state index contributed by atoms with van der Waals surface area (Å²) in [4.78, 5) is 28.7. The maximum absolute atomic E-state index is 13.1. The molecule has 0 aliphatic heterocycles. The number of carboxylic acids is 1. The van der Waals surface area contributed by atoms with Gasteiger partial charge in [0.15, 0.2) is 5.16 Å². The molecule has 148 valence electrons. The molecular formula is C22H14N3O3S2-. The van der Waals surface area contributed by atoms with E-state index in [9.17, 15) is 20.0 Å². The van der Waals surface area contributed by atoms with Gasteiger partial charge in [0.05, 0.1) is 29.7 Å². The van der Waals surface area contributed by atoms with Gasteiger partial charge in [0.25, 0.3) is 5.56 Å².